The lowest BCUT2D eigenvalue weighted by Gasteiger charge is -2.44. The second-order valence-electron chi connectivity index (χ2n) is 6.54. The number of fused-ring (bicyclic) bond motifs is 1. The molecule has 4 bridgehead atoms. The molecule has 4 unspecified atom stereocenters. The van der Waals surface area contributed by atoms with Crippen LogP contribution in [0.2, 0.25) is 0 Å². The average Bonchev–Trinajstić information content (AvgIpc) is 2.70. The van der Waals surface area contributed by atoms with E-state index >= 15 is 0 Å². The fourth-order valence-electron chi connectivity index (χ4n) is 4.76. The lowest BCUT2D eigenvalue weighted by molar-refractivity contribution is -0.160. The zero-order valence-corrected chi connectivity index (χ0v) is 11.4. The SMILES string of the molecule is CCOC12CC(C)(C)C3CC1(C(=O)OC)C2C3=O. The van der Waals surface area contributed by atoms with Crippen molar-refractivity contribution in [3.8, 4) is 0 Å². The molecule has 0 aromatic heterocycles. The Kier molecular flexibility index (Phi) is 2.13. The van der Waals surface area contributed by atoms with Crippen molar-refractivity contribution in [1.82, 2.24) is 0 Å². The predicted octanol–water partition coefficient (Wildman–Crippen LogP) is 1.57. The van der Waals surface area contributed by atoms with Gasteiger partial charge in [-0.2, -0.15) is 0 Å². The molecule has 0 aromatic rings. The number of esters is 1. The van der Waals surface area contributed by atoms with Crippen molar-refractivity contribution in [2.75, 3.05) is 13.7 Å². The molecule has 0 aliphatic heterocycles. The fourth-order valence-corrected chi connectivity index (χ4v) is 4.76. The molecule has 4 aliphatic carbocycles. The summed E-state index contributed by atoms with van der Waals surface area (Å²) in [6.07, 6.45) is 1.39. The van der Waals surface area contributed by atoms with Crippen LogP contribution in [0.1, 0.15) is 33.6 Å². The summed E-state index contributed by atoms with van der Waals surface area (Å²) in [5, 5.41) is 0. The Morgan fingerprint density at radius 2 is 2.11 bits per heavy atom. The minimum Gasteiger partial charge on any atom is -0.468 e. The van der Waals surface area contributed by atoms with Crippen molar-refractivity contribution in [2.24, 2.45) is 22.7 Å². The number of hydrogen-bond donors (Lipinski definition) is 0. The third kappa shape index (κ3) is 0.989. The smallest absolute Gasteiger partial charge is 0.315 e. The summed E-state index contributed by atoms with van der Waals surface area (Å²) in [6.45, 7) is 6.65. The molecule has 0 heterocycles. The van der Waals surface area contributed by atoms with Crippen molar-refractivity contribution in [3.63, 3.8) is 0 Å². The van der Waals surface area contributed by atoms with Crippen molar-refractivity contribution in [3.05, 3.63) is 0 Å². The zero-order chi connectivity index (χ0) is 13.3. The van der Waals surface area contributed by atoms with E-state index in [2.05, 4.69) is 13.8 Å². The molecule has 100 valence electrons. The van der Waals surface area contributed by atoms with Gasteiger partial charge in [0, 0.05) is 12.5 Å². The number of Topliss-reactive ketones (excluding diaryl/α,β-unsaturated/α-hetero) is 1. The van der Waals surface area contributed by atoms with E-state index in [4.69, 9.17) is 9.47 Å². The Balaban J connectivity index is 2.06. The van der Waals surface area contributed by atoms with Gasteiger partial charge in [0.25, 0.3) is 0 Å². The van der Waals surface area contributed by atoms with Gasteiger partial charge in [-0.05, 0) is 25.2 Å². The number of methoxy groups -OCH3 is 1. The molecule has 0 amide bonds. The zero-order valence-electron chi connectivity index (χ0n) is 11.4. The molecule has 4 heteroatoms. The summed E-state index contributed by atoms with van der Waals surface area (Å²) < 4.78 is 10.9. The van der Waals surface area contributed by atoms with Crippen molar-refractivity contribution < 1.29 is 19.1 Å². The molecule has 4 nitrogen and oxygen atoms in total. The summed E-state index contributed by atoms with van der Waals surface area (Å²) in [4.78, 5) is 24.6. The van der Waals surface area contributed by atoms with Crippen molar-refractivity contribution >= 4 is 11.8 Å². The largest absolute Gasteiger partial charge is 0.468 e. The van der Waals surface area contributed by atoms with E-state index in [0.717, 1.165) is 6.42 Å². The Bertz CT molecular complexity index is 441. The van der Waals surface area contributed by atoms with E-state index in [-0.39, 0.29) is 29.0 Å². The molecule has 4 aliphatic rings. The second-order valence-corrected chi connectivity index (χ2v) is 6.54. The van der Waals surface area contributed by atoms with Crippen LogP contribution in [0.15, 0.2) is 0 Å². The topological polar surface area (TPSA) is 52.6 Å². The van der Waals surface area contributed by atoms with Gasteiger partial charge in [0.1, 0.15) is 11.2 Å². The molecule has 4 rings (SSSR count). The highest BCUT2D eigenvalue weighted by atomic mass is 16.5. The first-order chi connectivity index (χ1) is 8.37. The van der Waals surface area contributed by atoms with E-state index in [9.17, 15) is 9.59 Å². The molecule has 0 saturated heterocycles. The van der Waals surface area contributed by atoms with Crippen LogP contribution in [0.5, 0.6) is 0 Å². The van der Waals surface area contributed by atoms with Gasteiger partial charge in [-0.15, -0.1) is 0 Å². The Hall–Kier alpha value is -0.900. The van der Waals surface area contributed by atoms with E-state index in [0.29, 0.717) is 13.0 Å². The second kappa shape index (κ2) is 3.16. The number of carbonyl (C=O) groups excluding carboxylic acids is 2. The maximum atomic E-state index is 12.4. The summed E-state index contributed by atoms with van der Waals surface area (Å²) >= 11 is 0. The molecular formula is C14H20O4. The minimum atomic E-state index is -0.672. The average molecular weight is 252 g/mol. The van der Waals surface area contributed by atoms with Crippen LogP contribution in [0, 0.1) is 22.7 Å². The molecule has 18 heavy (non-hydrogen) atoms. The quantitative estimate of drug-likeness (QED) is 0.715. The van der Waals surface area contributed by atoms with Crippen LogP contribution in [-0.4, -0.2) is 31.1 Å². The standard InChI is InChI=1S/C14H20O4/c1-5-18-14-7-12(2,3)8-6-13(14,11(16)17-4)10(14)9(8)15/h8,10H,5-7H2,1-4H3. The molecule has 0 spiro atoms. The van der Waals surface area contributed by atoms with E-state index in [1.165, 1.54) is 7.11 Å². The van der Waals surface area contributed by atoms with Gasteiger partial charge in [0.2, 0.25) is 0 Å². The van der Waals surface area contributed by atoms with Gasteiger partial charge in [-0.3, -0.25) is 9.59 Å². The highest BCUT2D eigenvalue weighted by molar-refractivity contribution is 6.04. The first-order valence-corrected chi connectivity index (χ1v) is 6.63. The number of hydrogen-bond acceptors (Lipinski definition) is 4. The molecule has 0 aromatic carbocycles. The Labute approximate surface area is 107 Å². The van der Waals surface area contributed by atoms with Crippen LogP contribution < -0.4 is 0 Å². The summed E-state index contributed by atoms with van der Waals surface area (Å²) in [6, 6.07) is 0. The number of ether oxygens (including phenoxy) is 2. The molecular weight excluding hydrogens is 232 g/mol. The first kappa shape index (κ1) is 12.2. The van der Waals surface area contributed by atoms with Gasteiger partial charge in [0.15, 0.2) is 0 Å². The number of ketones is 1. The summed E-state index contributed by atoms with van der Waals surface area (Å²) in [5.41, 5.74) is -1.32. The first-order valence-electron chi connectivity index (χ1n) is 6.63. The third-order valence-corrected chi connectivity index (χ3v) is 5.40. The maximum Gasteiger partial charge on any atom is 0.315 e. The minimum absolute atomic E-state index is 0.0102. The van der Waals surface area contributed by atoms with Gasteiger partial charge in [-0.25, -0.2) is 0 Å². The van der Waals surface area contributed by atoms with Crippen LogP contribution in [0.4, 0.5) is 0 Å². The van der Waals surface area contributed by atoms with Crippen LogP contribution >= 0.6 is 0 Å². The van der Waals surface area contributed by atoms with Crippen LogP contribution in [-0.2, 0) is 19.1 Å². The number of carbonyl (C=O) groups is 2. The van der Waals surface area contributed by atoms with Crippen LogP contribution in [0.3, 0.4) is 0 Å². The number of rotatable bonds is 3. The fraction of sp³-hybridized carbons (Fsp3) is 0.857. The summed E-state index contributed by atoms with van der Waals surface area (Å²) in [5.74, 6) is -0.309. The van der Waals surface area contributed by atoms with E-state index in [1.807, 2.05) is 6.92 Å². The van der Waals surface area contributed by atoms with Crippen molar-refractivity contribution in [1.29, 1.82) is 0 Å². The van der Waals surface area contributed by atoms with Gasteiger partial charge in [0.05, 0.1) is 18.6 Å². The highest BCUT2D eigenvalue weighted by Gasteiger charge is 2.92. The van der Waals surface area contributed by atoms with Gasteiger partial charge < -0.3 is 9.47 Å². The van der Waals surface area contributed by atoms with Gasteiger partial charge in [-0.1, -0.05) is 13.8 Å². The van der Waals surface area contributed by atoms with E-state index in [1.54, 1.807) is 0 Å². The third-order valence-electron chi connectivity index (χ3n) is 5.40. The lowest BCUT2D eigenvalue weighted by Crippen LogP contribution is -2.49. The van der Waals surface area contributed by atoms with E-state index < -0.39 is 11.0 Å². The maximum absolute atomic E-state index is 12.4. The monoisotopic (exact) mass is 252 g/mol. The molecule has 0 radical (unpaired) electrons. The summed E-state index contributed by atoms with van der Waals surface area (Å²) in [7, 11) is 1.40. The molecule has 4 fully saturated rings. The van der Waals surface area contributed by atoms with Crippen LogP contribution in [0.25, 0.3) is 0 Å². The Morgan fingerprint density at radius 1 is 1.44 bits per heavy atom. The molecule has 0 N–H and O–H groups in total. The Morgan fingerprint density at radius 3 is 2.67 bits per heavy atom. The van der Waals surface area contributed by atoms with Crippen molar-refractivity contribution in [2.45, 2.75) is 39.2 Å². The lowest BCUT2D eigenvalue weighted by atomic mass is 9.62. The predicted molar refractivity (Wildman–Crippen MR) is 63.8 cm³/mol. The van der Waals surface area contributed by atoms with Gasteiger partial charge >= 0.3 is 5.97 Å². The normalized spacial score (nSPS) is 47.0. The highest BCUT2D eigenvalue weighted by Crippen LogP contribution is 2.81. The molecule has 4 saturated carbocycles. The molecule has 4 atom stereocenters.